The van der Waals surface area contributed by atoms with E-state index in [-0.39, 0.29) is 0 Å². The summed E-state index contributed by atoms with van der Waals surface area (Å²) in [6, 6.07) is 2.84. The van der Waals surface area contributed by atoms with Gasteiger partial charge in [-0.1, -0.05) is 12.2 Å². The van der Waals surface area contributed by atoms with Gasteiger partial charge in [-0.15, -0.1) is 11.3 Å². The summed E-state index contributed by atoms with van der Waals surface area (Å²) in [4.78, 5) is 1.38. The maximum atomic E-state index is 3.60. The van der Waals surface area contributed by atoms with Gasteiger partial charge in [0.15, 0.2) is 0 Å². The first kappa shape index (κ1) is 11.8. The third-order valence-corrected chi connectivity index (χ3v) is 5.79. The highest BCUT2D eigenvalue weighted by Gasteiger charge is 2.10. The largest absolute Gasteiger partial charge is 0.309 e. The van der Waals surface area contributed by atoms with Crippen molar-refractivity contribution in [2.75, 3.05) is 0 Å². The third kappa shape index (κ3) is 3.41. The van der Waals surface area contributed by atoms with Crippen LogP contribution in [0.15, 0.2) is 26.5 Å². The molecule has 1 atom stereocenters. The van der Waals surface area contributed by atoms with Crippen molar-refractivity contribution in [1.82, 2.24) is 5.32 Å². The zero-order chi connectivity index (χ0) is 10.7. The second-order valence-corrected chi connectivity index (χ2v) is 7.01. The summed E-state index contributed by atoms with van der Waals surface area (Å²) in [7, 11) is 0. The normalized spacial score (nSPS) is 20.8. The van der Waals surface area contributed by atoms with E-state index >= 15 is 0 Å². The van der Waals surface area contributed by atoms with Crippen molar-refractivity contribution in [3.63, 3.8) is 0 Å². The van der Waals surface area contributed by atoms with E-state index < -0.39 is 0 Å². The molecule has 0 radical (unpaired) electrons. The highest BCUT2D eigenvalue weighted by atomic mass is 79.9. The fraction of sp³-hybridized carbons (Fsp3) is 0.455. The molecule has 1 N–H and O–H groups in total. The molecule has 2 rings (SSSR count). The summed E-state index contributed by atoms with van der Waals surface area (Å²) in [6.07, 6.45) is 8.21. The Bertz CT molecular complexity index is 340. The Morgan fingerprint density at radius 2 is 2.27 bits per heavy atom. The number of thiophene rings is 1. The quantitative estimate of drug-likeness (QED) is 0.793. The molecule has 1 aliphatic carbocycles. The minimum atomic E-state index is 0.662. The van der Waals surface area contributed by atoms with Crippen molar-refractivity contribution < 1.29 is 0 Å². The van der Waals surface area contributed by atoms with Crippen molar-refractivity contribution in [2.45, 2.75) is 31.8 Å². The standard InChI is InChI=1S/C11H13Br2NS/c12-10-6-9(15-11(10)13)7-14-8-4-2-1-3-5-8/h1-2,6,8,14H,3-5,7H2. The van der Waals surface area contributed by atoms with Gasteiger partial charge in [-0.2, -0.15) is 0 Å². The smallest absolute Gasteiger partial charge is 0.0843 e. The van der Waals surface area contributed by atoms with Crippen molar-refractivity contribution in [2.24, 2.45) is 0 Å². The first-order valence-electron chi connectivity index (χ1n) is 5.08. The van der Waals surface area contributed by atoms with Crippen LogP contribution in [0.1, 0.15) is 24.1 Å². The van der Waals surface area contributed by atoms with Gasteiger partial charge in [0.05, 0.1) is 3.79 Å². The monoisotopic (exact) mass is 349 g/mol. The second kappa shape index (κ2) is 5.62. The Hall–Kier alpha value is 0.360. The van der Waals surface area contributed by atoms with Gasteiger partial charge in [0.2, 0.25) is 0 Å². The molecule has 4 heteroatoms. The molecule has 0 aromatic carbocycles. The predicted molar refractivity (Wildman–Crippen MR) is 73.3 cm³/mol. The maximum absolute atomic E-state index is 3.60. The molecular formula is C11H13Br2NS. The third-order valence-electron chi connectivity index (χ3n) is 2.53. The molecule has 0 saturated heterocycles. The minimum Gasteiger partial charge on any atom is -0.309 e. The molecule has 82 valence electrons. The van der Waals surface area contributed by atoms with Crippen LogP contribution >= 0.6 is 43.2 Å². The summed E-state index contributed by atoms with van der Waals surface area (Å²) in [5.41, 5.74) is 0. The van der Waals surface area contributed by atoms with E-state index in [9.17, 15) is 0 Å². The zero-order valence-electron chi connectivity index (χ0n) is 8.30. The summed E-state index contributed by atoms with van der Waals surface area (Å²) in [6.45, 7) is 0.980. The van der Waals surface area contributed by atoms with Crippen LogP contribution in [0.5, 0.6) is 0 Å². The van der Waals surface area contributed by atoms with Gasteiger partial charge in [-0.3, -0.25) is 0 Å². The Kier molecular flexibility index (Phi) is 4.43. The van der Waals surface area contributed by atoms with Gasteiger partial charge >= 0.3 is 0 Å². The lowest BCUT2D eigenvalue weighted by Crippen LogP contribution is -2.28. The average Bonchev–Trinajstić information content (AvgIpc) is 2.57. The van der Waals surface area contributed by atoms with Crippen molar-refractivity contribution >= 4 is 43.2 Å². The highest BCUT2D eigenvalue weighted by Crippen LogP contribution is 2.32. The Labute approximate surface area is 111 Å². The number of nitrogens with one attached hydrogen (secondary N) is 1. The fourth-order valence-electron chi connectivity index (χ4n) is 1.70. The summed E-state index contributed by atoms with van der Waals surface area (Å²) < 4.78 is 2.34. The Balaban J connectivity index is 1.84. The van der Waals surface area contributed by atoms with Gasteiger partial charge in [-0.25, -0.2) is 0 Å². The lowest BCUT2D eigenvalue weighted by Gasteiger charge is -2.18. The number of allylic oxidation sites excluding steroid dienone is 1. The maximum Gasteiger partial charge on any atom is 0.0843 e. The molecule has 0 amide bonds. The predicted octanol–water partition coefficient (Wildman–Crippen LogP) is 4.47. The minimum absolute atomic E-state index is 0.662. The van der Waals surface area contributed by atoms with Crippen LogP contribution in [0, 0.1) is 0 Å². The van der Waals surface area contributed by atoms with E-state index in [0.717, 1.165) is 11.0 Å². The van der Waals surface area contributed by atoms with Crippen LogP contribution in [0.25, 0.3) is 0 Å². The average molecular weight is 351 g/mol. The van der Waals surface area contributed by atoms with Crippen molar-refractivity contribution in [1.29, 1.82) is 0 Å². The van der Waals surface area contributed by atoms with Crippen molar-refractivity contribution in [3.05, 3.63) is 31.4 Å². The lowest BCUT2D eigenvalue weighted by molar-refractivity contribution is 0.476. The van der Waals surface area contributed by atoms with Crippen LogP contribution < -0.4 is 5.32 Å². The highest BCUT2D eigenvalue weighted by molar-refractivity contribution is 9.13. The molecule has 0 aliphatic heterocycles. The van der Waals surface area contributed by atoms with E-state index in [1.54, 1.807) is 11.3 Å². The van der Waals surface area contributed by atoms with Crippen LogP contribution in [0.2, 0.25) is 0 Å². The van der Waals surface area contributed by atoms with Gasteiger partial charge in [0.25, 0.3) is 0 Å². The molecule has 1 aliphatic rings. The Morgan fingerprint density at radius 1 is 1.40 bits per heavy atom. The molecule has 1 aromatic heterocycles. The van der Waals surface area contributed by atoms with Crippen LogP contribution in [0.3, 0.4) is 0 Å². The number of hydrogen-bond donors (Lipinski definition) is 1. The van der Waals surface area contributed by atoms with E-state index in [2.05, 4.69) is 55.4 Å². The molecule has 0 spiro atoms. The molecule has 1 aromatic rings. The van der Waals surface area contributed by atoms with Gasteiger partial charge in [0, 0.05) is 21.9 Å². The summed E-state index contributed by atoms with van der Waals surface area (Å²) >= 11 is 8.81. The van der Waals surface area contributed by atoms with Crippen LogP contribution in [-0.4, -0.2) is 6.04 Å². The molecule has 1 unspecified atom stereocenters. The summed E-state index contributed by atoms with van der Waals surface area (Å²) in [5.74, 6) is 0. The number of hydrogen-bond acceptors (Lipinski definition) is 2. The van der Waals surface area contributed by atoms with E-state index in [0.29, 0.717) is 6.04 Å². The molecule has 15 heavy (non-hydrogen) atoms. The number of rotatable bonds is 3. The lowest BCUT2D eigenvalue weighted by atomic mass is 10.0. The van der Waals surface area contributed by atoms with Crippen LogP contribution in [0.4, 0.5) is 0 Å². The molecule has 0 bridgehead atoms. The molecule has 1 heterocycles. The van der Waals surface area contributed by atoms with Crippen LogP contribution in [-0.2, 0) is 6.54 Å². The molecule has 0 fully saturated rings. The topological polar surface area (TPSA) is 12.0 Å². The zero-order valence-corrected chi connectivity index (χ0v) is 12.3. The van der Waals surface area contributed by atoms with Gasteiger partial charge in [0.1, 0.15) is 0 Å². The number of halogens is 2. The summed E-state index contributed by atoms with van der Waals surface area (Å²) in [5, 5.41) is 3.60. The molecular weight excluding hydrogens is 338 g/mol. The first-order chi connectivity index (χ1) is 7.25. The molecule has 0 saturated carbocycles. The van der Waals surface area contributed by atoms with Crippen molar-refractivity contribution in [3.8, 4) is 0 Å². The van der Waals surface area contributed by atoms with E-state index in [1.807, 2.05) is 0 Å². The first-order valence-corrected chi connectivity index (χ1v) is 7.48. The second-order valence-electron chi connectivity index (χ2n) is 3.70. The van der Waals surface area contributed by atoms with Gasteiger partial charge in [-0.05, 0) is 57.2 Å². The molecule has 1 nitrogen and oxygen atoms in total. The fourth-order valence-corrected chi connectivity index (χ4v) is 3.83. The van der Waals surface area contributed by atoms with Gasteiger partial charge < -0.3 is 5.32 Å². The van der Waals surface area contributed by atoms with E-state index in [4.69, 9.17) is 0 Å². The van der Waals surface area contributed by atoms with E-state index in [1.165, 1.54) is 27.9 Å². The Morgan fingerprint density at radius 3 is 2.87 bits per heavy atom. The SMILES string of the molecule is Brc1cc(CNC2CC=CCC2)sc1Br.